The third-order valence-electron chi connectivity index (χ3n) is 2.66. The van der Waals surface area contributed by atoms with Crippen LogP contribution in [-0.2, 0) is 0 Å². The van der Waals surface area contributed by atoms with E-state index in [0.717, 1.165) is 0 Å². The minimum Gasteiger partial charge on any atom is -0.397 e. The van der Waals surface area contributed by atoms with Crippen LogP contribution in [0.5, 0.6) is 0 Å². The highest BCUT2D eigenvalue weighted by Crippen LogP contribution is 2.26. The molecule has 0 saturated carbocycles. The lowest BCUT2D eigenvalue weighted by molar-refractivity contribution is 1.25. The number of pyridine rings is 1. The summed E-state index contributed by atoms with van der Waals surface area (Å²) in [5.74, 6) is 0.473. The van der Waals surface area contributed by atoms with Crippen molar-refractivity contribution < 1.29 is 0 Å². The zero-order valence-electron chi connectivity index (χ0n) is 9.20. The molecule has 4 N–H and O–H groups in total. The summed E-state index contributed by atoms with van der Waals surface area (Å²) in [4.78, 5) is 21.9. The number of hydrogen-bond acceptors (Lipinski definition) is 3. The van der Waals surface area contributed by atoms with Gasteiger partial charge in [0.15, 0.2) is 5.43 Å². The Hall–Kier alpha value is -2.27. The van der Waals surface area contributed by atoms with Gasteiger partial charge in [0.1, 0.15) is 11.3 Å². The van der Waals surface area contributed by atoms with Crippen LogP contribution in [0.25, 0.3) is 22.4 Å². The van der Waals surface area contributed by atoms with Crippen LogP contribution >= 0.6 is 11.6 Å². The summed E-state index contributed by atoms with van der Waals surface area (Å²) in [6.07, 6.45) is 3.16. The number of aromatic nitrogens is 3. The lowest BCUT2D eigenvalue weighted by atomic mass is 10.2. The van der Waals surface area contributed by atoms with Crippen LogP contribution < -0.4 is 11.2 Å². The monoisotopic (exact) mass is 260 g/mol. The summed E-state index contributed by atoms with van der Waals surface area (Å²) in [5.41, 5.74) is 7.98. The number of halogens is 1. The molecule has 0 radical (unpaired) electrons. The highest BCUT2D eigenvalue weighted by atomic mass is 35.5. The molecule has 0 unspecified atom stereocenters. The summed E-state index contributed by atoms with van der Waals surface area (Å²) in [6, 6.07) is 4.80. The number of hydrogen-bond donors (Lipinski definition) is 3. The molecule has 0 atom stereocenters. The van der Waals surface area contributed by atoms with E-state index in [1.807, 2.05) is 0 Å². The van der Waals surface area contributed by atoms with Crippen LogP contribution in [0, 0.1) is 0 Å². The highest BCUT2D eigenvalue weighted by Gasteiger charge is 2.10. The molecule has 6 heteroatoms. The maximum absolute atomic E-state index is 11.7. The lowest BCUT2D eigenvalue weighted by Gasteiger charge is -1.94. The zero-order chi connectivity index (χ0) is 12.7. The Morgan fingerprint density at radius 1 is 1.33 bits per heavy atom. The molecule has 0 fully saturated rings. The molecule has 2 aromatic heterocycles. The van der Waals surface area contributed by atoms with Crippen molar-refractivity contribution in [3.63, 3.8) is 0 Å². The van der Waals surface area contributed by atoms with Crippen molar-refractivity contribution in [3.05, 3.63) is 45.8 Å². The number of rotatable bonds is 1. The molecule has 0 aliphatic carbocycles. The average Bonchev–Trinajstić information content (AvgIpc) is 2.73. The van der Waals surface area contributed by atoms with Gasteiger partial charge in [0.2, 0.25) is 0 Å². The van der Waals surface area contributed by atoms with Gasteiger partial charge in [0.25, 0.3) is 0 Å². The van der Waals surface area contributed by atoms with Gasteiger partial charge in [0, 0.05) is 23.5 Å². The molecule has 0 bridgehead atoms. The first kappa shape index (κ1) is 10.9. The van der Waals surface area contributed by atoms with E-state index in [-0.39, 0.29) is 5.43 Å². The summed E-state index contributed by atoms with van der Waals surface area (Å²) in [5, 5.41) is 0.525. The fourth-order valence-corrected chi connectivity index (χ4v) is 2.06. The standard InChI is InChI=1S/C12H9ClN4O/c13-6-3-8(14)11-9(4-6)16-12(17-11)7-5-15-2-1-10(7)18/h1-5H,14H2,(H,15,18)(H,16,17). The predicted molar refractivity (Wildman–Crippen MR) is 71.6 cm³/mol. The average molecular weight is 261 g/mol. The molecule has 2 heterocycles. The first-order valence-corrected chi connectivity index (χ1v) is 5.65. The van der Waals surface area contributed by atoms with E-state index in [9.17, 15) is 4.79 Å². The van der Waals surface area contributed by atoms with Crippen molar-refractivity contribution in [1.29, 1.82) is 0 Å². The Balaban J connectivity index is 2.30. The molecule has 90 valence electrons. The second-order valence-electron chi connectivity index (χ2n) is 3.90. The van der Waals surface area contributed by atoms with Gasteiger partial charge in [-0.1, -0.05) is 11.6 Å². The van der Waals surface area contributed by atoms with Crippen molar-refractivity contribution in [2.75, 3.05) is 5.73 Å². The smallest absolute Gasteiger partial charge is 0.192 e. The fraction of sp³-hybridized carbons (Fsp3) is 0. The minimum atomic E-state index is -0.113. The zero-order valence-corrected chi connectivity index (χ0v) is 9.95. The Kier molecular flexibility index (Phi) is 2.34. The number of nitrogens with two attached hydrogens (primary N) is 1. The van der Waals surface area contributed by atoms with Crippen LogP contribution in [-0.4, -0.2) is 15.0 Å². The lowest BCUT2D eigenvalue weighted by Crippen LogP contribution is -2.03. The molecule has 0 aliphatic heterocycles. The van der Waals surface area contributed by atoms with Gasteiger partial charge < -0.3 is 15.7 Å². The number of fused-ring (bicyclic) bond motifs is 1. The van der Waals surface area contributed by atoms with Crippen LogP contribution in [0.4, 0.5) is 5.69 Å². The van der Waals surface area contributed by atoms with E-state index in [4.69, 9.17) is 17.3 Å². The highest BCUT2D eigenvalue weighted by molar-refractivity contribution is 6.31. The van der Waals surface area contributed by atoms with E-state index in [1.54, 1.807) is 24.5 Å². The van der Waals surface area contributed by atoms with Gasteiger partial charge in [-0.25, -0.2) is 4.98 Å². The molecule has 18 heavy (non-hydrogen) atoms. The van der Waals surface area contributed by atoms with Crippen LogP contribution in [0.3, 0.4) is 0 Å². The van der Waals surface area contributed by atoms with Crippen molar-refractivity contribution in [2.45, 2.75) is 0 Å². The van der Waals surface area contributed by atoms with Gasteiger partial charge in [-0.05, 0) is 12.1 Å². The molecule has 0 spiro atoms. The largest absolute Gasteiger partial charge is 0.397 e. The Morgan fingerprint density at radius 2 is 2.17 bits per heavy atom. The van der Waals surface area contributed by atoms with Gasteiger partial charge >= 0.3 is 0 Å². The van der Waals surface area contributed by atoms with Gasteiger partial charge in [0.05, 0.1) is 16.8 Å². The van der Waals surface area contributed by atoms with E-state index in [2.05, 4.69) is 15.0 Å². The molecule has 0 amide bonds. The van der Waals surface area contributed by atoms with Crippen molar-refractivity contribution in [2.24, 2.45) is 0 Å². The first-order valence-electron chi connectivity index (χ1n) is 5.27. The number of nitrogens with zero attached hydrogens (tertiary/aromatic N) is 1. The third-order valence-corrected chi connectivity index (χ3v) is 2.88. The van der Waals surface area contributed by atoms with E-state index < -0.39 is 0 Å². The van der Waals surface area contributed by atoms with Crippen molar-refractivity contribution in [1.82, 2.24) is 15.0 Å². The topological polar surface area (TPSA) is 87.6 Å². The predicted octanol–water partition coefficient (Wildman–Crippen LogP) is 2.15. The molecular formula is C12H9ClN4O. The Bertz CT molecular complexity index is 790. The van der Waals surface area contributed by atoms with E-state index in [0.29, 0.717) is 33.1 Å². The Labute approximate surface area is 107 Å². The molecule has 0 aliphatic rings. The SMILES string of the molecule is Nc1cc(Cl)cc2[nH]c(-c3c[nH]ccc3=O)nc12. The number of H-pyrrole nitrogens is 2. The fourth-order valence-electron chi connectivity index (χ4n) is 1.84. The second-order valence-corrected chi connectivity index (χ2v) is 4.34. The maximum Gasteiger partial charge on any atom is 0.192 e. The molecule has 5 nitrogen and oxygen atoms in total. The first-order chi connectivity index (χ1) is 8.65. The van der Waals surface area contributed by atoms with Gasteiger partial charge in [-0.3, -0.25) is 4.79 Å². The maximum atomic E-state index is 11.7. The molecule has 1 aromatic carbocycles. The van der Waals surface area contributed by atoms with Crippen molar-refractivity contribution >= 4 is 28.3 Å². The van der Waals surface area contributed by atoms with Gasteiger partial charge in [-0.2, -0.15) is 0 Å². The van der Waals surface area contributed by atoms with E-state index in [1.165, 1.54) is 6.07 Å². The normalized spacial score (nSPS) is 10.9. The summed E-state index contributed by atoms with van der Waals surface area (Å²) in [6.45, 7) is 0. The van der Waals surface area contributed by atoms with Crippen LogP contribution in [0.2, 0.25) is 5.02 Å². The quantitative estimate of drug-likeness (QED) is 0.586. The summed E-state index contributed by atoms with van der Waals surface area (Å²) >= 11 is 5.91. The number of nitrogens with one attached hydrogen (secondary N) is 2. The number of aromatic amines is 2. The summed E-state index contributed by atoms with van der Waals surface area (Å²) < 4.78 is 0. The Morgan fingerprint density at radius 3 is 2.94 bits per heavy atom. The van der Waals surface area contributed by atoms with E-state index >= 15 is 0 Å². The summed E-state index contributed by atoms with van der Waals surface area (Å²) in [7, 11) is 0. The van der Waals surface area contributed by atoms with Crippen molar-refractivity contribution in [3.8, 4) is 11.4 Å². The van der Waals surface area contributed by atoms with Gasteiger partial charge in [-0.15, -0.1) is 0 Å². The number of imidazole rings is 1. The molecule has 3 aromatic rings. The second kappa shape index (κ2) is 3.89. The number of benzene rings is 1. The minimum absolute atomic E-state index is 0.113. The van der Waals surface area contributed by atoms with Crippen LogP contribution in [0.15, 0.2) is 35.4 Å². The number of nitrogen functional groups attached to an aromatic ring is 1. The number of anilines is 1. The van der Waals surface area contributed by atoms with Crippen LogP contribution in [0.1, 0.15) is 0 Å². The molecule has 0 saturated heterocycles. The molecule has 3 rings (SSSR count). The molecular weight excluding hydrogens is 252 g/mol. The third kappa shape index (κ3) is 1.65.